The first-order valence-electron chi connectivity index (χ1n) is 8.43. The van der Waals surface area contributed by atoms with Crippen LogP contribution in [0.5, 0.6) is 0 Å². The van der Waals surface area contributed by atoms with Gasteiger partial charge in [-0.05, 0) is 31.4 Å². The molecule has 2 rings (SSSR count). The lowest BCUT2D eigenvalue weighted by Gasteiger charge is -2.39. The molecule has 124 valence electrons. The minimum absolute atomic E-state index is 0.267. The third kappa shape index (κ3) is 5.06. The molecule has 4 nitrogen and oxygen atoms in total. The maximum atomic E-state index is 9.04. The molecule has 1 aliphatic rings. The van der Waals surface area contributed by atoms with Gasteiger partial charge in [0.05, 0.1) is 19.3 Å². The standard InChI is InChI=1S/C18H30N2O2/c1-15(8-11-21)14-19-16(2)18(17-6-4-3-5-7-17)20-9-12-22-13-10-20/h3-7,15-16,18-19,21H,8-14H2,1-2H3. The predicted octanol–water partition coefficient (Wildman–Crippen LogP) is 2.06. The van der Waals surface area contributed by atoms with Crippen LogP contribution in [0.15, 0.2) is 30.3 Å². The normalized spacial score (nSPS) is 20.5. The molecule has 1 aromatic rings. The average molecular weight is 306 g/mol. The minimum atomic E-state index is 0.267. The third-order valence-electron chi connectivity index (χ3n) is 4.46. The van der Waals surface area contributed by atoms with Gasteiger partial charge in [0.15, 0.2) is 0 Å². The molecule has 0 radical (unpaired) electrons. The maximum Gasteiger partial charge on any atom is 0.0594 e. The fourth-order valence-electron chi connectivity index (χ4n) is 3.14. The van der Waals surface area contributed by atoms with Crippen molar-refractivity contribution in [1.29, 1.82) is 0 Å². The van der Waals surface area contributed by atoms with Crippen molar-refractivity contribution in [3.05, 3.63) is 35.9 Å². The highest BCUT2D eigenvalue weighted by Gasteiger charge is 2.27. The molecular formula is C18H30N2O2. The molecule has 1 fully saturated rings. The molecule has 3 atom stereocenters. The second-order valence-corrected chi connectivity index (χ2v) is 6.32. The summed E-state index contributed by atoms with van der Waals surface area (Å²) in [5.41, 5.74) is 1.36. The molecule has 0 aromatic heterocycles. The summed E-state index contributed by atoms with van der Waals surface area (Å²) in [6.07, 6.45) is 0.854. The van der Waals surface area contributed by atoms with Gasteiger partial charge in [0, 0.05) is 25.7 Å². The van der Waals surface area contributed by atoms with Crippen molar-refractivity contribution in [1.82, 2.24) is 10.2 Å². The average Bonchev–Trinajstić information content (AvgIpc) is 2.55. The summed E-state index contributed by atoms with van der Waals surface area (Å²) in [6, 6.07) is 11.5. The van der Waals surface area contributed by atoms with Crippen LogP contribution in [-0.4, -0.2) is 55.5 Å². The second kappa shape index (κ2) is 9.26. The van der Waals surface area contributed by atoms with Gasteiger partial charge in [-0.2, -0.15) is 0 Å². The summed E-state index contributed by atoms with van der Waals surface area (Å²) in [7, 11) is 0. The van der Waals surface area contributed by atoms with Crippen molar-refractivity contribution in [2.24, 2.45) is 5.92 Å². The van der Waals surface area contributed by atoms with E-state index in [2.05, 4.69) is 54.4 Å². The number of ether oxygens (including phenoxy) is 1. The van der Waals surface area contributed by atoms with Crippen LogP contribution in [0.4, 0.5) is 0 Å². The fourth-order valence-corrected chi connectivity index (χ4v) is 3.14. The van der Waals surface area contributed by atoms with Crippen molar-refractivity contribution >= 4 is 0 Å². The number of benzene rings is 1. The van der Waals surface area contributed by atoms with Crippen LogP contribution in [0.1, 0.15) is 31.9 Å². The zero-order valence-corrected chi connectivity index (χ0v) is 13.9. The Balaban J connectivity index is 2.03. The number of hydrogen-bond donors (Lipinski definition) is 2. The summed E-state index contributed by atoms with van der Waals surface area (Å²) < 4.78 is 5.51. The smallest absolute Gasteiger partial charge is 0.0594 e. The first kappa shape index (κ1) is 17.4. The number of hydrogen-bond acceptors (Lipinski definition) is 4. The second-order valence-electron chi connectivity index (χ2n) is 6.32. The molecule has 1 aliphatic heterocycles. The van der Waals surface area contributed by atoms with E-state index < -0.39 is 0 Å². The van der Waals surface area contributed by atoms with Gasteiger partial charge in [0.25, 0.3) is 0 Å². The Hall–Kier alpha value is -0.940. The monoisotopic (exact) mass is 306 g/mol. The lowest BCUT2D eigenvalue weighted by Crippen LogP contribution is -2.47. The molecule has 0 saturated carbocycles. The zero-order valence-electron chi connectivity index (χ0n) is 13.9. The van der Waals surface area contributed by atoms with E-state index in [1.807, 2.05) is 0 Å². The molecular weight excluding hydrogens is 276 g/mol. The van der Waals surface area contributed by atoms with Crippen LogP contribution in [0.25, 0.3) is 0 Å². The van der Waals surface area contributed by atoms with Crippen LogP contribution in [0.3, 0.4) is 0 Å². The first-order valence-corrected chi connectivity index (χ1v) is 8.43. The summed E-state index contributed by atoms with van der Waals surface area (Å²) in [4.78, 5) is 2.52. The van der Waals surface area contributed by atoms with Gasteiger partial charge in [-0.3, -0.25) is 4.90 Å². The Bertz CT molecular complexity index is 407. The largest absolute Gasteiger partial charge is 0.396 e. The quantitative estimate of drug-likeness (QED) is 0.772. The highest BCUT2D eigenvalue weighted by Crippen LogP contribution is 2.25. The molecule has 0 amide bonds. The minimum Gasteiger partial charge on any atom is -0.396 e. The summed E-state index contributed by atoms with van der Waals surface area (Å²) in [6.45, 7) is 9.25. The first-order chi connectivity index (χ1) is 10.7. The Morgan fingerprint density at radius 2 is 1.86 bits per heavy atom. The molecule has 22 heavy (non-hydrogen) atoms. The Morgan fingerprint density at radius 3 is 2.50 bits per heavy atom. The molecule has 1 aromatic carbocycles. The van der Waals surface area contributed by atoms with E-state index in [9.17, 15) is 0 Å². The number of aliphatic hydroxyl groups is 1. The van der Waals surface area contributed by atoms with Crippen LogP contribution in [0, 0.1) is 5.92 Å². The van der Waals surface area contributed by atoms with Crippen molar-refractivity contribution in [2.75, 3.05) is 39.5 Å². The Morgan fingerprint density at radius 1 is 1.18 bits per heavy atom. The van der Waals surface area contributed by atoms with E-state index >= 15 is 0 Å². The molecule has 0 aliphatic carbocycles. The van der Waals surface area contributed by atoms with Crippen LogP contribution in [0.2, 0.25) is 0 Å². The van der Waals surface area contributed by atoms with Crippen LogP contribution >= 0.6 is 0 Å². The van der Waals surface area contributed by atoms with Gasteiger partial charge in [-0.25, -0.2) is 0 Å². The van der Waals surface area contributed by atoms with Gasteiger partial charge < -0.3 is 15.2 Å². The van der Waals surface area contributed by atoms with Gasteiger partial charge in [-0.1, -0.05) is 37.3 Å². The maximum absolute atomic E-state index is 9.04. The van der Waals surface area contributed by atoms with Crippen LogP contribution < -0.4 is 5.32 Å². The number of aliphatic hydroxyl groups excluding tert-OH is 1. The van der Waals surface area contributed by atoms with E-state index in [-0.39, 0.29) is 6.61 Å². The highest BCUT2D eigenvalue weighted by molar-refractivity contribution is 5.21. The van der Waals surface area contributed by atoms with E-state index in [1.165, 1.54) is 5.56 Å². The van der Waals surface area contributed by atoms with Gasteiger partial charge in [0.2, 0.25) is 0 Å². The van der Waals surface area contributed by atoms with E-state index in [0.717, 1.165) is 39.3 Å². The van der Waals surface area contributed by atoms with E-state index in [4.69, 9.17) is 9.84 Å². The molecule has 0 bridgehead atoms. The Labute approximate surface area is 134 Å². The van der Waals surface area contributed by atoms with Gasteiger partial charge in [0.1, 0.15) is 0 Å². The lowest BCUT2D eigenvalue weighted by atomic mass is 9.97. The molecule has 1 saturated heterocycles. The molecule has 2 N–H and O–H groups in total. The van der Waals surface area contributed by atoms with E-state index in [0.29, 0.717) is 18.0 Å². The SMILES string of the molecule is CC(CCO)CNC(C)C(c1ccccc1)N1CCOCC1. The van der Waals surface area contributed by atoms with Gasteiger partial charge >= 0.3 is 0 Å². The van der Waals surface area contributed by atoms with Crippen molar-refractivity contribution < 1.29 is 9.84 Å². The van der Waals surface area contributed by atoms with Crippen molar-refractivity contribution in [2.45, 2.75) is 32.4 Å². The topological polar surface area (TPSA) is 44.7 Å². The number of rotatable bonds is 8. The molecule has 1 heterocycles. The predicted molar refractivity (Wildman–Crippen MR) is 89.9 cm³/mol. The third-order valence-corrected chi connectivity index (χ3v) is 4.46. The molecule has 0 spiro atoms. The summed E-state index contributed by atoms with van der Waals surface area (Å²) >= 11 is 0. The lowest BCUT2D eigenvalue weighted by molar-refractivity contribution is 0.00838. The number of morpholine rings is 1. The Kier molecular flexibility index (Phi) is 7.33. The number of nitrogens with one attached hydrogen (secondary N) is 1. The fraction of sp³-hybridized carbons (Fsp3) is 0.667. The molecule has 4 heteroatoms. The van der Waals surface area contributed by atoms with Crippen molar-refractivity contribution in [3.63, 3.8) is 0 Å². The zero-order chi connectivity index (χ0) is 15.8. The molecule has 3 unspecified atom stereocenters. The van der Waals surface area contributed by atoms with Gasteiger partial charge in [-0.15, -0.1) is 0 Å². The van der Waals surface area contributed by atoms with Crippen LogP contribution in [-0.2, 0) is 4.74 Å². The number of nitrogens with zero attached hydrogens (tertiary/aromatic N) is 1. The summed E-state index contributed by atoms with van der Waals surface area (Å²) in [5, 5.41) is 12.7. The van der Waals surface area contributed by atoms with E-state index in [1.54, 1.807) is 0 Å². The van der Waals surface area contributed by atoms with Crippen molar-refractivity contribution in [3.8, 4) is 0 Å². The highest BCUT2D eigenvalue weighted by atomic mass is 16.5. The summed E-state index contributed by atoms with van der Waals surface area (Å²) in [5.74, 6) is 0.494.